The molecular weight excluding hydrogens is 212 g/mol. The van der Waals surface area contributed by atoms with Crippen molar-refractivity contribution in [2.75, 3.05) is 25.4 Å². The van der Waals surface area contributed by atoms with Crippen LogP contribution in [0.2, 0.25) is 0 Å². The van der Waals surface area contributed by atoms with Crippen molar-refractivity contribution < 1.29 is 4.74 Å². The van der Waals surface area contributed by atoms with Crippen LogP contribution < -0.4 is 10.5 Å². The van der Waals surface area contributed by atoms with Crippen LogP contribution in [0.1, 0.15) is 20.3 Å². The topological polar surface area (TPSA) is 38.5 Å². The van der Waals surface area contributed by atoms with Crippen molar-refractivity contribution in [3.05, 3.63) is 24.3 Å². The fourth-order valence-electron chi connectivity index (χ4n) is 2.58. The maximum atomic E-state index is 5.83. The van der Waals surface area contributed by atoms with E-state index in [4.69, 9.17) is 10.5 Å². The number of rotatable bonds is 4. The highest BCUT2D eigenvalue weighted by Crippen LogP contribution is 2.23. The van der Waals surface area contributed by atoms with Crippen LogP contribution in [0.4, 0.5) is 5.69 Å². The molecule has 1 aliphatic heterocycles. The van der Waals surface area contributed by atoms with Crippen LogP contribution in [-0.2, 0) is 0 Å². The Balaban J connectivity index is 1.78. The number of likely N-dealkylation sites (tertiary alicyclic amines) is 1. The summed E-state index contributed by atoms with van der Waals surface area (Å²) in [6.45, 7) is 7.49. The van der Waals surface area contributed by atoms with Crippen molar-refractivity contribution in [3.8, 4) is 5.75 Å². The highest BCUT2D eigenvalue weighted by Gasteiger charge is 2.25. The van der Waals surface area contributed by atoms with Crippen molar-refractivity contribution >= 4 is 5.69 Å². The molecule has 0 saturated carbocycles. The van der Waals surface area contributed by atoms with Gasteiger partial charge in [-0.3, -0.25) is 4.90 Å². The second kappa shape index (κ2) is 5.41. The van der Waals surface area contributed by atoms with E-state index in [9.17, 15) is 0 Å². The van der Waals surface area contributed by atoms with Gasteiger partial charge < -0.3 is 10.5 Å². The number of nitrogens with zero attached hydrogens (tertiary/aromatic N) is 1. The molecule has 0 aromatic heterocycles. The highest BCUT2D eigenvalue weighted by atomic mass is 16.5. The molecule has 1 aromatic rings. The first-order valence-electron chi connectivity index (χ1n) is 6.38. The minimum absolute atomic E-state index is 0.682. The van der Waals surface area contributed by atoms with Crippen LogP contribution in [0.15, 0.2) is 24.3 Å². The standard InChI is InChI=1S/C14H22N2O/c1-11-9-12(2)16(10-11)7-8-17-14-6-4-3-5-13(14)15/h3-6,11-12H,7-10,15H2,1-2H3. The third kappa shape index (κ3) is 3.13. The Kier molecular flexibility index (Phi) is 3.89. The van der Waals surface area contributed by atoms with Gasteiger partial charge in [0.05, 0.1) is 5.69 Å². The van der Waals surface area contributed by atoms with E-state index in [1.54, 1.807) is 0 Å². The van der Waals surface area contributed by atoms with Gasteiger partial charge >= 0.3 is 0 Å². The summed E-state index contributed by atoms with van der Waals surface area (Å²) < 4.78 is 5.72. The molecule has 3 nitrogen and oxygen atoms in total. The molecule has 2 N–H and O–H groups in total. The Bertz CT molecular complexity index is 367. The Morgan fingerprint density at radius 1 is 1.35 bits per heavy atom. The van der Waals surface area contributed by atoms with Crippen LogP contribution >= 0.6 is 0 Å². The molecule has 1 saturated heterocycles. The second-order valence-electron chi connectivity index (χ2n) is 5.07. The molecular formula is C14H22N2O. The zero-order chi connectivity index (χ0) is 12.3. The Morgan fingerprint density at radius 3 is 2.76 bits per heavy atom. The summed E-state index contributed by atoms with van der Waals surface area (Å²) in [4.78, 5) is 2.49. The molecule has 17 heavy (non-hydrogen) atoms. The molecule has 1 fully saturated rings. The van der Waals surface area contributed by atoms with Crippen LogP contribution in [0.25, 0.3) is 0 Å². The maximum absolute atomic E-state index is 5.83. The molecule has 1 aromatic carbocycles. The van der Waals surface area contributed by atoms with Crippen molar-refractivity contribution in [2.24, 2.45) is 5.92 Å². The van der Waals surface area contributed by atoms with E-state index < -0.39 is 0 Å². The lowest BCUT2D eigenvalue weighted by atomic mass is 10.1. The number of benzene rings is 1. The Morgan fingerprint density at radius 2 is 2.12 bits per heavy atom. The second-order valence-corrected chi connectivity index (χ2v) is 5.07. The molecule has 1 aliphatic rings. The summed E-state index contributed by atoms with van der Waals surface area (Å²) in [5, 5.41) is 0. The molecule has 2 atom stereocenters. The summed E-state index contributed by atoms with van der Waals surface area (Å²) in [6.07, 6.45) is 1.30. The van der Waals surface area contributed by atoms with Gasteiger partial charge in [0.25, 0.3) is 0 Å². The number of hydrogen-bond donors (Lipinski definition) is 1. The lowest BCUT2D eigenvalue weighted by Gasteiger charge is -2.21. The lowest BCUT2D eigenvalue weighted by Crippen LogP contribution is -2.31. The normalized spacial score (nSPS) is 25.1. The van der Waals surface area contributed by atoms with Crippen LogP contribution in [0.3, 0.4) is 0 Å². The summed E-state index contributed by atoms with van der Waals surface area (Å²) in [7, 11) is 0. The number of anilines is 1. The molecule has 0 amide bonds. The summed E-state index contributed by atoms with van der Waals surface area (Å²) >= 11 is 0. The number of nitrogen functional groups attached to an aromatic ring is 1. The van der Waals surface area contributed by atoms with E-state index in [0.717, 1.165) is 23.9 Å². The zero-order valence-corrected chi connectivity index (χ0v) is 10.7. The van der Waals surface area contributed by atoms with Crippen molar-refractivity contribution in [2.45, 2.75) is 26.3 Å². The Hall–Kier alpha value is -1.22. The number of hydrogen-bond acceptors (Lipinski definition) is 3. The molecule has 0 aliphatic carbocycles. The maximum Gasteiger partial charge on any atom is 0.142 e. The van der Waals surface area contributed by atoms with Gasteiger partial charge in [-0.05, 0) is 31.4 Å². The van der Waals surface area contributed by atoms with E-state index in [0.29, 0.717) is 12.6 Å². The van der Waals surface area contributed by atoms with Crippen molar-refractivity contribution in [1.29, 1.82) is 0 Å². The SMILES string of the molecule is CC1CC(C)N(CCOc2ccccc2N)C1. The van der Waals surface area contributed by atoms with Crippen molar-refractivity contribution in [1.82, 2.24) is 4.90 Å². The van der Waals surface area contributed by atoms with E-state index >= 15 is 0 Å². The van der Waals surface area contributed by atoms with Gasteiger partial charge in [0.2, 0.25) is 0 Å². The predicted molar refractivity (Wildman–Crippen MR) is 71.2 cm³/mol. The summed E-state index contributed by atoms with van der Waals surface area (Å²) in [5.41, 5.74) is 6.54. The Labute approximate surface area is 104 Å². The molecule has 94 valence electrons. The summed E-state index contributed by atoms with van der Waals surface area (Å²) in [6, 6.07) is 8.35. The molecule has 2 rings (SSSR count). The molecule has 0 bridgehead atoms. The average Bonchev–Trinajstić information content (AvgIpc) is 2.60. The first-order valence-corrected chi connectivity index (χ1v) is 6.38. The fraction of sp³-hybridized carbons (Fsp3) is 0.571. The van der Waals surface area contributed by atoms with Gasteiger partial charge in [0.1, 0.15) is 12.4 Å². The first-order chi connectivity index (χ1) is 8.16. The minimum Gasteiger partial charge on any atom is -0.490 e. The zero-order valence-electron chi connectivity index (χ0n) is 10.7. The van der Waals surface area contributed by atoms with E-state index in [1.165, 1.54) is 13.0 Å². The van der Waals surface area contributed by atoms with Gasteiger partial charge in [-0.15, -0.1) is 0 Å². The first kappa shape index (κ1) is 12.2. The number of nitrogens with two attached hydrogens (primary N) is 1. The van der Waals surface area contributed by atoms with E-state index in [1.807, 2.05) is 24.3 Å². The van der Waals surface area contributed by atoms with Gasteiger partial charge in [0.15, 0.2) is 0 Å². The monoisotopic (exact) mass is 234 g/mol. The molecule has 3 heteroatoms. The van der Waals surface area contributed by atoms with Gasteiger partial charge in [-0.2, -0.15) is 0 Å². The predicted octanol–water partition coefficient (Wildman–Crippen LogP) is 2.38. The van der Waals surface area contributed by atoms with Crippen LogP contribution in [-0.4, -0.2) is 30.6 Å². The smallest absolute Gasteiger partial charge is 0.142 e. The third-order valence-corrected chi connectivity index (χ3v) is 3.47. The van der Waals surface area contributed by atoms with Gasteiger partial charge in [-0.1, -0.05) is 19.1 Å². The van der Waals surface area contributed by atoms with Gasteiger partial charge in [-0.25, -0.2) is 0 Å². The number of para-hydroxylation sites is 2. The highest BCUT2D eigenvalue weighted by molar-refractivity contribution is 5.51. The van der Waals surface area contributed by atoms with Crippen LogP contribution in [0.5, 0.6) is 5.75 Å². The molecule has 0 radical (unpaired) electrons. The molecule has 0 spiro atoms. The van der Waals surface area contributed by atoms with Crippen LogP contribution in [0, 0.1) is 5.92 Å². The van der Waals surface area contributed by atoms with E-state index in [-0.39, 0.29) is 0 Å². The fourth-order valence-corrected chi connectivity index (χ4v) is 2.58. The third-order valence-electron chi connectivity index (χ3n) is 3.47. The molecule has 1 heterocycles. The van der Waals surface area contributed by atoms with Gasteiger partial charge in [0, 0.05) is 19.1 Å². The largest absolute Gasteiger partial charge is 0.490 e. The molecule has 2 unspecified atom stereocenters. The minimum atomic E-state index is 0.682. The quantitative estimate of drug-likeness (QED) is 0.813. The average molecular weight is 234 g/mol. The van der Waals surface area contributed by atoms with E-state index in [2.05, 4.69) is 18.7 Å². The number of ether oxygens (including phenoxy) is 1. The van der Waals surface area contributed by atoms with Crippen molar-refractivity contribution in [3.63, 3.8) is 0 Å². The lowest BCUT2D eigenvalue weighted by molar-refractivity contribution is 0.203. The summed E-state index contributed by atoms with van der Waals surface area (Å²) in [5.74, 6) is 1.61.